The van der Waals surface area contributed by atoms with Gasteiger partial charge in [-0.1, -0.05) is 6.92 Å². The Hall–Kier alpha value is -0.910. The number of halogens is 1. The zero-order chi connectivity index (χ0) is 14.4. The molecule has 2 aromatic rings. The molecule has 0 saturated carbocycles. The van der Waals surface area contributed by atoms with Crippen LogP contribution in [0.25, 0.3) is 0 Å². The fourth-order valence-electron chi connectivity index (χ4n) is 2.00. The number of nitrogens with one attached hydrogen (secondary N) is 1. The van der Waals surface area contributed by atoms with Crippen LogP contribution in [-0.4, -0.2) is 18.1 Å². The van der Waals surface area contributed by atoms with E-state index in [0.717, 1.165) is 28.8 Å². The Morgan fingerprint density at radius 3 is 2.90 bits per heavy atom. The van der Waals surface area contributed by atoms with Gasteiger partial charge in [0.1, 0.15) is 5.75 Å². The van der Waals surface area contributed by atoms with Crippen molar-refractivity contribution in [3.8, 4) is 5.75 Å². The Morgan fingerprint density at radius 1 is 1.40 bits per heavy atom. The molecule has 3 nitrogen and oxygen atoms in total. The number of hydrogen-bond acceptors (Lipinski definition) is 4. The minimum atomic E-state index is 0.150. The SMILES string of the molecule is CCCNC(c1cncc(OCC)c1)c1sccc1Br. The first-order valence-corrected chi connectivity index (χ1v) is 8.47. The molecule has 0 fully saturated rings. The Labute approximate surface area is 132 Å². The average molecular weight is 355 g/mol. The molecule has 0 aliphatic rings. The lowest BCUT2D eigenvalue weighted by Crippen LogP contribution is -2.22. The van der Waals surface area contributed by atoms with Crippen LogP contribution in [0.5, 0.6) is 5.75 Å². The summed E-state index contributed by atoms with van der Waals surface area (Å²) in [5, 5.41) is 5.68. The molecule has 5 heteroatoms. The van der Waals surface area contributed by atoms with Gasteiger partial charge in [-0.25, -0.2) is 0 Å². The minimum Gasteiger partial charge on any atom is -0.492 e. The van der Waals surface area contributed by atoms with Crippen LogP contribution in [0, 0.1) is 0 Å². The monoisotopic (exact) mass is 354 g/mol. The Morgan fingerprint density at radius 2 is 2.25 bits per heavy atom. The Kier molecular flexibility index (Phi) is 6.01. The number of pyridine rings is 1. The Balaban J connectivity index is 2.31. The van der Waals surface area contributed by atoms with Gasteiger partial charge in [0.15, 0.2) is 0 Å². The second kappa shape index (κ2) is 7.76. The Bertz CT molecular complexity index is 544. The van der Waals surface area contributed by atoms with Gasteiger partial charge in [-0.2, -0.15) is 0 Å². The van der Waals surface area contributed by atoms with Gasteiger partial charge in [-0.05, 0) is 58.9 Å². The summed E-state index contributed by atoms with van der Waals surface area (Å²) in [6.07, 6.45) is 4.76. The summed E-state index contributed by atoms with van der Waals surface area (Å²) in [4.78, 5) is 5.57. The number of aromatic nitrogens is 1. The maximum absolute atomic E-state index is 5.55. The van der Waals surface area contributed by atoms with Crippen LogP contribution in [0.4, 0.5) is 0 Å². The van der Waals surface area contributed by atoms with Gasteiger partial charge in [-0.15, -0.1) is 11.3 Å². The number of ether oxygens (including phenoxy) is 1. The summed E-state index contributed by atoms with van der Waals surface area (Å²) in [6.45, 7) is 5.77. The predicted octanol–water partition coefficient (Wildman–Crippen LogP) is 4.39. The standard InChI is InChI=1S/C15H19BrN2OS/c1-3-6-18-14(15-13(16)5-7-20-15)11-8-12(19-4-2)10-17-9-11/h5,7-10,14,18H,3-4,6H2,1-2H3. The maximum Gasteiger partial charge on any atom is 0.137 e. The van der Waals surface area contributed by atoms with Crippen LogP contribution in [-0.2, 0) is 0 Å². The molecule has 1 N–H and O–H groups in total. The molecule has 0 amide bonds. The van der Waals surface area contributed by atoms with Crippen molar-refractivity contribution in [1.29, 1.82) is 0 Å². The number of rotatable bonds is 7. The van der Waals surface area contributed by atoms with E-state index in [9.17, 15) is 0 Å². The highest BCUT2D eigenvalue weighted by molar-refractivity contribution is 9.10. The van der Waals surface area contributed by atoms with E-state index in [1.54, 1.807) is 17.5 Å². The van der Waals surface area contributed by atoms with Crippen molar-refractivity contribution in [3.05, 3.63) is 44.8 Å². The van der Waals surface area contributed by atoms with Gasteiger partial charge in [0.05, 0.1) is 18.8 Å². The highest BCUT2D eigenvalue weighted by Crippen LogP contribution is 2.33. The summed E-state index contributed by atoms with van der Waals surface area (Å²) in [5.41, 5.74) is 1.13. The molecule has 0 aliphatic heterocycles. The molecule has 0 aliphatic carbocycles. The third-order valence-corrected chi connectivity index (χ3v) is 4.82. The van der Waals surface area contributed by atoms with E-state index in [4.69, 9.17) is 4.74 Å². The molecule has 0 saturated heterocycles. The lowest BCUT2D eigenvalue weighted by molar-refractivity contribution is 0.338. The second-order valence-corrected chi connectivity index (χ2v) is 6.21. The number of hydrogen-bond donors (Lipinski definition) is 1. The summed E-state index contributed by atoms with van der Waals surface area (Å²) < 4.78 is 6.69. The first-order chi connectivity index (χ1) is 9.76. The van der Waals surface area contributed by atoms with E-state index in [2.05, 4.69) is 50.7 Å². The predicted molar refractivity (Wildman–Crippen MR) is 87.6 cm³/mol. The van der Waals surface area contributed by atoms with Gasteiger partial charge >= 0.3 is 0 Å². The van der Waals surface area contributed by atoms with Crippen molar-refractivity contribution in [2.75, 3.05) is 13.2 Å². The van der Waals surface area contributed by atoms with E-state index in [0.29, 0.717) is 6.61 Å². The normalized spacial score (nSPS) is 12.3. The van der Waals surface area contributed by atoms with Crippen molar-refractivity contribution in [2.24, 2.45) is 0 Å². The first-order valence-electron chi connectivity index (χ1n) is 6.80. The molecule has 108 valence electrons. The van der Waals surface area contributed by atoms with Crippen LogP contribution in [0.3, 0.4) is 0 Å². The topological polar surface area (TPSA) is 34.2 Å². The van der Waals surface area contributed by atoms with E-state index >= 15 is 0 Å². The molecule has 0 bridgehead atoms. The zero-order valence-corrected chi connectivity index (χ0v) is 14.1. The minimum absolute atomic E-state index is 0.150. The molecule has 1 atom stereocenters. The van der Waals surface area contributed by atoms with E-state index in [1.165, 1.54) is 4.88 Å². The second-order valence-electron chi connectivity index (χ2n) is 4.41. The van der Waals surface area contributed by atoms with Crippen LogP contribution < -0.4 is 10.1 Å². The lowest BCUT2D eigenvalue weighted by atomic mass is 10.1. The molecule has 2 aromatic heterocycles. The molecule has 0 aromatic carbocycles. The zero-order valence-electron chi connectivity index (χ0n) is 11.7. The fourth-order valence-corrected chi connectivity index (χ4v) is 3.70. The molecule has 2 rings (SSSR count). The number of nitrogens with zero attached hydrogens (tertiary/aromatic N) is 1. The largest absolute Gasteiger partial charge is 0.492 e. The van der Waals surface area contributed by atoms with Gasteiger partial charge in [0.25, 0.3) is 0 Å². The molecular weight excluding hydrogens is 336 g/mol. The highest BCUT2D eigenvalue weighted by atomic mass is 79.9. The van der Waals surface area contributed by atoms with Crippen LogP contribution in [0.15, 0.2) is 34.4 Å². The highest BCUT2D eigenvalue weighted by Gasteiger charge is 2.18. The summed E-state index contributed by atoms with van der Waals surface area (Å²) >= 11 is 5.37. The molecule has 20 heavy (non-hydrogen) atoms. The molecule has 0 radical (unpaired) electrons. The third kappa shape index (κ3) is 3.81. The van der Waals surface area contributed by atoms with E-state index in [1.807, 2.05) is 13.1 Å². The van der Waals surface area contributed by atoms with Crippen molar-refractivity contribution in [1.82, 2.24) is 10.3 Å². The summed E-state index contributed by atoms with van der Waals surface area (Å²) in [7, 11) is 0. The van der Waals surface area contributed by atoms with Crippen molar-refractivity contribution in [2.45, 2.75) is 26.3 Å². The first kappa shape index (κ1) is 15.5. The smallest absolute Gasteiger partial charge is 0.137 e. The summed E-state index contributed by atoms with van der Waals surface area (Å²) in [6, 6.07) is 4.30. The van der Waals surface area contributed by atoms with Crippen molar-refractivity contribution in [3.63, 3.8) is 0 Å². The van der Waals surface area contributed by atoms with Crippen molar-refractivity contribution < 1.29 is 4.74 Å². The molecular formula is C15H19BrN2OS. The molecule has 1 unspecified atom stereocenters. The lowest BCUT2D eigenvalue weighted by Gasteiger charge is -2.19. The average Bonchev–Trinajstić information content (AvgIpc) is 2.87. The van der Waals surface area contributed by atoms with Gasteiger partial charge in [0, 0.05) is 15.5 Å². The number of thiophene rings is 1. The quantitative estimate of drug-likeness (QED) is 0.800. The van der Waals surface area contributed by atoms with Crippen molar-refractivity contribution >= 4 is 27.3 Å². The van der Waals surface area contributed by atoms with Crippen LogP contribution in [0.2, 0.25) is 0 Å². The summed E-state index contributed by atoms with van der Waals surface area (Å²) in [5.74, 6) is 0.820. The van der Waals surface area contributed by atoms with Crippen LogP contribution >= 0.6 is 27.3 Å². The maximum atomic E-state index is 5.55. The van der Waals surface area contributed by atoms with Gasteiger partial charge in [0.2, 0.25) is 0 Å². The van der Waals surface area contributed by atoms with Gasteiger partial charge in [-0.3, -0.25) is 4.98 Å². The van der Waals surface area contributed by atoms with Gasteiger partial charge < -0.3 is 10.1 Å². The fraction of sp³-hybridized carbons (Fsp3) is 0.400. The third-order valence-electron chi connectivity index (χ3n) is 2.88. The van der Waals surface area contributed by atoms with E-state index in [-0.39, 0.29) is 6.04 Å². The molecule has 0 spiro atoms. The van der Waals surface area contributed by atoms with E-state index < -0.39 is 0 Å². The van der Waals surface area contributed by atoms with Crippen LogP contribution in [0.1, 0.15) is 36.8 Å². The molecule has 2 heterocycles.